The number of ether oxygens (including phenoxy) is 1. The zero-order valence-electron chi connectivity index (χ0n) is 10.6. The van der Waals surface area contributed by atoms with Gasteiger partial charge >= 0.3 is 0 Å². The van der Waals surface area contributed by atoms with Crippen LogP contribution in [0.5, 0.6) is 5.75 Å². The van der Waals surface area contributed by atoms with Gasteiger partial charge in [0.05, 0.1) is 11.7 Å². The molecule has 0 bridgehead atoms. The molecule has 1 aliphatic carbocycles. The van der Waals surface area contributed by atoms with Gasteiger partial charge in [0.15, 0.2) is 0 Å². The van der Waals surface area contributed by atoms with Crippen LogP contribution in [0.3, 0.4) is 0 Å². The van der Waals surface area contributed by atoms with Crippen molar-refractivity contribution >= 4 is 10.9 Å². The summed E-state index contributed by atoms with van der Waals surface area (Å²) >= 11 is 0. The number of nitrogens with zero attached hydrogens (tertiary/aromatic N) is 1. The number of aromatic nitrogens is 2. The van der Waals surface area contributed by atoms with Crippen LogP contribution in [0.15, 0.2) is 18.3 Å². The van der Waals surface area contributed by atoms with E-state index >= 15 is 0 Å². The number of aromatic amines is 1. The third-order valence-corrected chi connectivity index (χ3v) is 3.88. The SMILES string of the molecule is Cc1c(O[C@@H]2CCCC[C@H]2N)ccc2[nH]ncc12. The van der Waals surface area contributed by atoms with Crippen molar-refractivity contribution in [2.45, 2.75) is 44.8 Å². The van der Waals surface area contributed by atoms with Gasteiger partial charge in [0.1, 0.15) is 11.9 Å². The molecule has 3 N–H and O–H groups in total. The lowest BCUT2D eigenvalue weighted by Crippen LogP contribution is -2.41. The van der Waals surface area contributed by atoms with Crippen LogP contribution in [-0.2, 0) is 0 Å². The van der Waals surface area contributed by atoms with E-state index in [9.17, 15) is 0 Å². The molecule has 1 aromatic carbocycles. The first-order chi connectivity index (χ1) is 8.75. The van der Waals surface area contributed by atoms with Crippen LogP contribution in [0.1, 0.15) is 31.2 Å². The van der Waals surface area contributed by atoms with Crippen molar-refractivity contribution in [3.05, 3.63) is 23.9 Å². The van der Waals surface area contributed by atoms with Gasteiger partial charge in [0.2, 0.25) is 0 Å². The highest BCUT2D eigenvalue weighted by molar-refractivity contribution is 5.83. The fourth-order valence-corrected chi connectivity index (χ4v) is 2.70. The number of fused-ring (bicyclic) bond motifs is 1. The minimum Gasteiger partial charge on any atom is -0.489 e. The monoisotopic (exact) mass is 245 g/mol. The van der Waals surface area contributed by atoms with E-state index < -0.39 is 0 Å². The van der Waals surface area contributed by atoms with Crippen LogP contribution in [0, 0.1) is 6.92 Å². The van der Waals surface area contributed by atoms with Crippen molar-refractivity contribution in [2.75, 3.05) is 0 Å². The van der Waals surface area contributed by atoms with Gasteiger partial charge in [0, 0.05) is 17.0 Å². The van der Waals surface area contributed by atoms with Crippen LogP contribution >= 0.6 is 0 Å². The fourth-order valence-electron chi connectivity index (χ4n) is 2.70. The number of aryl methyl sites for hydroxylation is 1. The molecule has 0 spiro atoms. The second kappa shape index (κ2) is 4.61. The molecule has 96 valence electrons. The van der Waals surface area contributed by atoms with Gasteiger partial charge in [0.25, 0.3) is 0 Å². The summed E-state index contributed by atoms with van der Waals surface area (Å²) in [6.45, 7) is 2.07. The number of nitrogens with one attached hydrogen (secondary N) is 1. The molecule has 2 aromatic rings. The first-order valence-electron chi connectivity index (χ1n) is 6.60. The average Bonchev–Trinajstić information content (AvgIpc) is 2.84. The molecule has 1 fully saturated rings. The van der Waals surface area contributed by atoms with Crippen LogP contribution < -0.4 is 10.5 Å². The topological polar surface area (TPSA) is 63.9 Å². The smallest absolute Gasteiger partial charge is 0.123 e. The summed E-state index contributed by atoms with van der Waals surface area (Å²) in [7, 11) is 0. The first-order valence-corrected chi connectivity index (χ1v) is 6.60. The Kier molecular flexibility index (Phi) is 2.96. The number of hydrogen-bond acceptors (Lipinski definition) is 3. The van der Waals surface area contributed by atoms with E-state index in [1.165, 1.54) is 12.8 Å². The Morgan fingerprint density at radius 2 is 2.17 bits per heavy atom. The molecule has 0 radical (unpaired) electrons. The fraction of sp³-hybridized carbons (Fsp3) is 0.500. The molecule has 0 unspecified atom stereocenters. The van der Waals surface area contributed by atoms with E-state index in [2.05, 4.69) is 17.1 Å². The van der Waals surface area contributed by atoms with Gasteiger partial charge in [-0.25, -0.2) is 0 Å². The van der Waals surface area contributed by atoms with Crippen LogP contribution in [0.25, 0.3) is 10.9 Å². The van der Waals surface area contributed by atoms with Gasteiger partial charge in [-0.05, 0) is 38.3 Å². The number of H-pyrrole nitrogens is 1. The third-order valence-electron chi connectivity index (χ3n) is 3.88. The van der Waals surface area contributed by atoms with Crippen molar-refractivity contribution in [3.63, 3.8) is 0 Å². The average molecular weight is 245 g/mol. The van der Waals surface area contributed by atoms with Crippen molar-refractivity contribution in [1.82, 2.24) is 10.2 Å². The first kappa shape index (κ1) is 11.5. The molecular formula is C14H19N3O. The predicted octanol–water partition coefficient (Wildman–Crippen LogP) is 2.52. The number of nitrogens with two attached hydrogens (primary N) is 1. The van der Waals surface area contributed by atoms with E-state index in [0.29, 0.717) is 0 Å². The lowest BCUT2D eigenvalue weighted by molar-refractivity contribution is 0.131. The molecule has 1 aliphatic rings. The maximum atomic E-state index is 6.13. The zero-order chi connectivity index (χ0) is 12.5. The summed E-state index contributed by atoms with van der Waals surface area (Å²) in [5.41, 5.74) is 8.31. The minimum atomic E-state index is 0.154. The van der Waals surface area contributed by atoms with E-state index in [1.807, 2.05) is 18.3 Å². The summed E-state index contributed by atoms with van der Waals surface area (Å²) in [6, 6.07) is 4.19. The van der Waals surface area contributed by atoms with Crippen LogP contribution in [-0.4, -0.2) is 22.3 Å². The number of hydrogen-bond donors (Lipinski definition) is 2. The van der Waals surface area contributed by atoms with E-state index in [-0.39, 0.29) is 12.1 Å². The molecule has 3 rings (SSSR count). The highest BCUT2D eigenvalue weighted by atomic mass is 16.5. The van der Waals surface area contributed by atoms with Gasteiger partial charge in [-0.2, -0.15) is 5.10 Å². The molecule has 0 aliphatic heterocycles. The Balaban J connectivity index is 1.87. The molecular weight excluding hydrogens is 226 g/mol. The Bertz CT molecular complexity index is 549. The quantitative estimate of drug-likeness (QED) is 0.854. The highest BCUT2D eigenvalue weighted by Gasteiger charge is 2.24. The zero-order valence-corrected chi connectivity index (χ0v) is 10.6. The lowest BCUT2D eigenvalue weighted by atomic mass is 9.93. The normalized spacial score (nSPS) is 24.3. The number of rotatable bonds is 2. The molecule has 1 saturated carbocycles. The summed E-state index contributed by atoms with van der Waals surface area (Å²) in [6.07, 6.45) is 6.56. The van der Waals surface area contributed by atoms with Crippen molar-refractivity contribution in [2.24, 2.45) is 5.73 Å². The van der Waals surface area contributed by atoms with E-state index in [4.69, 9.17) is 10.5 Å². The van der Waals surface area contributed by atoms with E-state index in [0.717, 1.165) is 35.1 Å². The Morgan fingerprint density at radius 1 is 1.33 bits per heavy atom. The standard InChI is InChI=1S/C14H19N3O/c1-9-10-8-16-17-12(10)6-7-13(9)18-14-5-3-2-4-11(14)15/h6-8,11,14H,2-5,15H2,1H3,(H,16,17)/t11-,14-/m1/s1. The largest absolute Gasteiger partial charge is 0.489 e. The summed E-state index contributed by atoms with van der Waals surface area (Å²) < 4.78 is 6.11. The van der Waals surface area contributed by atoms with Crippen molar-refractivity contribution in [1.29, 1.82) is 0 Å². The second-order valence-electron chi connectivity index (χ2n) is 5.12. The molecule has 4 nitrogen and oxygen atoms in total. The predicted molar refractivity (Wildman–Crippen MR) is 71.7 cm³/mol. The van der Waals surface area contributed by atoms with Crippen LogP contribution in [0.2, 0.25) is 0 Å². The minimum absolute atomic E-state index is 0.154. The Hall–Kier alpha value is -1.55. The second-order valence-corrected chi connectivity index (χ2v) is 5.12. The van der Waals surface area contributed by atoms with Crippen molar-refractivity contribution < 1.29 is 4.74 Å². The maximum absolute atomic E-state index is 6.13. The number of benzene rings is 1. The van der Waals surface area contributed by atoms with Crippen molar-refractivity contribution in [3.8, 4) is 5.75 Å². The summed E-state index contributed by atoms with van der Waals surface area (Å²) in [4.78, 5) is 0. The Morgan fingerprint density at radius 3 is 3.00 bits per heavy atom. The van der Waals surface area contributed by atoms with E-state index in [1.54, 1.807) is 0 Å². The Labute approximate surface area is 107 Å². The summed E-state index contributed by atoms with van der Waals surface area (Å²) in [5, 5.41) is 8.15. The van der Waals surface area contributed by atoms with Gasteiger partial charge in [-0.15, -0.1) is 0 Å². The molecule has 2 atom stereocenters. The lowest BCUT2D eigenvalue weighted by Gasteiger charge is -2.29. The summed E-state index contributed by atoms with van der Waals surface area (Å²) in [5.74, 6) is 0.936. The molecule has 18 heavy (non-hydrogen) atoms. The molecule has 0 amide bonds. The third kappa shape index (κ3) is 1.97. The molecule has 4 heteroatoms. The maximum Gasteiger partial charge on any atom is 0.123 e. The van der Waals surface area contributed by atoms with Gasteiger partial charge in [-0.3, -0.25) is 5.10 Å². The molecule has 1 heterocycles. The molecule has 1 aromatic heterocycles. The van der Waals surface area contributed by atoms with Crippen LogP contribution in [0.4, 0.5) is 0 Å². The highest BCUT2D eigenvalue weighted by Crippen LogP contribution is 2.29. The van der Waals surface area contributed by atoms with Gasteiger partial charge in [-0.1, -0.05) is 6.42 Å². The van der Waals surface area contributed by atoms with Gasteiger partial charge < -0.3 is 10.5 Å². The molecule has 0 saturated heterocycles.